The molecule has 0 atom stereocenters. The Morgan fingerprint density at radius 2 is 1.79 bits per heavy atom. The van der Waals surface area contributed by atoms with E-state index in [1.54, 1.807) is 13.8 Å². The number of benzene rings is 2. The molecule has 0 radical (unpaired) electrons. The molecule has 6 heteroatoms. The Kier molecular flexibility index (Phi) is 6.23. The molecule has 0 amide bonds. The van der Waals surface area contributed by atoms with E-state index in [9.17, 15) is 4.79 Å². The van der Waals surface area contributed by atoms with Crippen molar-refractivity contribution in [2.75, 3.05) is 0 Å². The summed E-state index contributed by atoms with van der Waals surface area (Å²) in [6.45, 7) is 5.80. The molecule has 0 N–H and O–H groups in total. The molecule has 0 fully saturated rings. The highest BCUT2D eigenvalue weighted by Gasteiger charge is 2.25. The van der Waals surface area contributed by atoms with Crippen LogP contribution < -0.4 is 0 Å². The van der Waals surface area contributed by atoms with Crippen LogP contribution in [0.5, 0.6) is 0 Å². The molecule has 28 heavy (non-hydrogen) atoms. The average molecular weight is 417 g/mol. The third-order valence-electron chi connectivity index (χ3n) is 4.68. The Hall–Kier alpha value is -2.14. The number of ether oxygens (including phenoxy) is 1. The van der Waals surface area contributed by atoms with Crippen molar-refractivity contribution in [2.24, 2.45) is 0 Å². The summed E-state index contributed by atoms with van der Waals surface area (Å²) < 4.78 is 7.69. The SMILES string of the molecule is CC(=O)C(C)(C)OCc1cc(-c2ccc(Cl)cc2)n(Cc2ccccc2Cl)n1. The molecule has 0 aliphatic rings. The topological polar surface area (TPSA) is 44.1 Å². The first-order chi connectivity index (χ1) is 13.3. The Balaban J connectivity index is 1.94. The number of Topliss-reactive ketones (excluding diaryl/α,β-unsaturated/α-hetero) is 1. The van der Waals surface area contributed by atoms with Gasteiger partial charge in [0.1, 0.15) is 5.60 Å². The highest BCUT2D eigenvalue weighted by atomic mass is 35.5. The molecule has 2 aromatic carbocycles. The number of carbonyl (C=O) groups excluding carboxylic acids is 1. The van der Waals surface area contributed by atoms with E-state index in [1.165, 1.54) is 6.92 Å². The maximum Gasteiger partial charge on any atom is 0.161 e. The second kappa shape index (κ2) is 8.48. The van der Waals surface area contributed by atoms with Crippen molar-refractivity contribution >= 4 is 29.0 Å². The summed E-state index contributed by atoms with van der Waals surface area (Å²) in [5.41, 5.74) is 2.77. The minimum atomic E-state index is -0.854. The minimum absolute atomic E-state index is 0.0269. The van der Waals surface area contributed by atoms with Crippen LogP contribution in [0.2, 0.25) is 10.0 Å². The molecule has 4 nitrogen and oxygen atoms in total. The van der Waals surface area contributed by atoms with Crippen LogP contribution >= 0.6 is 23.2 Å². The first kappa shape index (κ1) is 20.6. The standard InChI is InChI=1S/C22H22Cl2N2O2/c1-15(27)22(2,3)28-14-19-12-21(16-8-10-18(23)11-9-16)26(25-19)13-17-6-4-5-7-20(17)24/h4-12H,13-14H2,1-3H3. The first-order valence-corrected chi connectivity index (χ1v) is 9.73. The van der Waals surface area contributed by atoms with Crippen molar-refractivity contribution in [1.29, 1.82) is 0 Å². The zero-order valence-electron chi connectivity index (χ0n) is 16.1. The van der Waals surface area contributed by atoms with E-state index in [1.807, 2.05) is 59.3 Å². The van der Waals surface area contributed by atoms with E-state index >= 15 is 0 Å². The molecule has 146 valence electrons. The largest absolute Gasteiger partial charge is 0.361 e. The van der Waals surface area contributed by atoms with Gasteiger partial charge in [-0.15, -0.1) is 0 Å². The van der Waals surface area contributed by atoms with Crippen molar-refractivity contribution in [1.82, 2.24) is 9.78 Å². The van der Waals surface area contributed by atoms with E-state index in [2.05, 4.69) is 0 Å². The lowest BCUT2D eigenvalue weighted by molar-refractivity contribution is -0.139. The number of carbonyl (C=O) groups is 1. The summed E-state index contributed by atoms with van der Waals surface area (Å²) in [6, 6.07) is 17.3. The van der Waals surface area contributed by atoms with Crippen molar-refractivity contribution in [3.63, 3.8) is 0 Å². The predicted octanol–water partition coefficient (Wildman–Crippen LogP) is 5.79. The Labute approximate surface area is 175 Å². The summed E-state index contributed by atoms with van der Waals surface area (Å²) in [4.78, 5) is 11.7. The van der Waals surface area contributed by atoms with Gasteiger partial charge in [0, 0.05) is 10.0 Å². The summed E-state index contributed by atoms with van der Waals surface area (Å²) >= 11 is 12.4. The smallest absolute Gasteiger partial charge is 0.161 e. The van der Waals surface area contributed by atoms with Crippen molar-refractivity contribution < 1.29 is 9.53 Å². The van der Waals surface area contributed by atoms with Crippen molar-refractivity contribution in [3.8, 4) is 11.3 Å². The van der Waals surface area contributed by atoms with Gasteiger partial charge in [0.15, 0.2) is 5.78 Å². The van der Waals surface area contributed by atoms with Crippen LogP contribution in [0.4, 0.5) is 0 Å². The van der Waals surface area contributed by atoms with Gasteiger partial charge in [-0.3, -0.25) is 9.48 Å². The van der Waals surface area contributed by atoms with Gasteiger partial charge in [0.05, 0.1) is 24.5 Å². The fourth-order valence-corrected chi connectivity index (χ4v) is 2.98. The molecule has 3 rings (SSSR count). The molecular weight excluding hydrogens is 395 g/mol. The molecule has 3 aromatic rings. The average Bonchev–Trinajstić information content (AvgIpc) is 3.05. The van der Waals surface area contributed by atoms with Crippen LogP contribution in [-0.2, 0) is 22.7 Å². The van der Waals surface area contributed by atoms with Crippen LogP contribution in [0.3, 0.4) is 0 Å². The normalized spacial score (nSPS) is 11.6. The van der Waals surface area contributed by atoms with Gasteiger partial charge in [-0.2, -0.15) is 5.10 Å². The molecule has 0 bridgehead atoms. The van der Waals surface area contributed by atoms with Gasteiger partial charge in [0.25, 0.3) is 0 Å². The third kappa shape index (κ3) is 4.82. The van der Waals surface area contributed by atoms with Gasteiger partial charge in [-0.25, -0.2) is 0 Å². The number of aromatic nitrogens is 2. The summed E-state index contributed by atoms with van der Waals surface area (Å²) in [7, 11) is 0. The number of nitrogens with zero attached hydrogens (tertiary/aromatic N) is 2. The zero-order valence-corrected chi connectivity index (χ0v) is 17.6. The molecule has 0 spiro atoms. The number of halogens is 2. The Morgan fingerprint density at radius 3 is 2.43 bits per heavy atom. The molecule has 0 aliphatic carbocycles. The maximum absolute atomic E-state index is 11.7. The molecule has 0 saturated heterocycles. The fraction of sp³-hybridized carbons (Fsp3) is 0.273. The van der Waals surface area contributed by atoms with Crippen LogP contribution in [0.15, 0.2) is 54.6 Å². The van der Waals surface area contributed by atoms with E-state index in [0.717, 1.165) is 22.5 Å². The summed E-state index contributed by atoms with van der Waals surface area (Å²) in [6.07, 6.45) is 0. The zero-order chi connectivity index (χ0) is 20.3. The number of hydrogen-bond acceptors (Lipinski definition) is 3. The first-order valence-electron chi connectivity index (χ1n) is 8.97. The van der Waals surface area contributed by atoms with E-state index in [0.29, 0.717) is 16.6 Å². The molecular formula is C22H22Cl2N2O2. The second-order valence-electron chi connectivity index (χ2n) is 7.13. The number of hydrogen-bond donors (Lipinski definition) is 0. The predicted molar refractivity (Wildman–Crippen MR) is 113 cm³/mol. The molecule has 0 saturated carbocycles. The van der Waals surface area contributed by atoms with Crippen molar-refractivity contribution in [2.45, 2.75) is 39.5 Å². The Morgan fingerprint density at radius 1 is 1.11 bits per heavy atom. The van der Waals surface area contributed by atoms with E-state index in [4.69, 9.17) is 33.0 Å². The molecule has 0 aliphatic heterocycles. The summed E-state index contributed by atoms with van der Waals surface area (Å²) in [5.74, 6) is -0.0269. The van der Waals surface area contributed by atoms with Gasteiger partial charge in [-0.05, 0) is 56.2 Å². The molecule has 1 heterocycles. The minimum Gasteiger partial charge on any atom is -0.361 e. The lowest BCUT2D eigenvalue weighted by Crippen LogP contribution is -2.32. The molecule has 0 unspecified atom stereocenters. The highest BCUT2D eigenvalue weighted by molar-refractivity contribution is 6.31. The van der Waals surface area contributed by atoms with Gasteiger partial charge in [0.2, 0.25) is 0 Å². The number of rotatable bonds is 7. The van der Waals surface area contributed by atoms with Crippen LogP contribution in [0.1, 0.15) is 32.0 Å². The van der Waals surface area contributed by atoms with Crippen LogP contribution in [0, 0.1) is 0 Å². The number of ketones is 1. The van der Waals surface area contributed by atoms with Gasteiger partial charge >= 0.3 is 0 Å². The lowest BCUT2D eigenvalue weighted by Gasteiger charge is -2.21. The fourth-order valence-electron chi connectivity index (χ4n) is 2.66. The Bertz CT molecular complexity index is 978. The summed E-state index contributed by atoms with van der Waals surface area (Å²) in [5, 5.41) is 6.06. The van der Waals surface area contributed by atoms with Crippen LogP contribution in [0.25, 0.3) is 11.3 Å². The van der Waals surface area contributed by atoms with Crippen LogP contribution in [-0.4, -0.2) is 21.2 Å². The molecule has 1 aromatic heterocycles. The third-order valence-corrected chi connectivity index (χ3v) is 5.30. The highest BCUT2D eigenvalue weighted by Crippen LogP contribution is 2.26. The maximum atomic E-state index is 11.7. The quantitative estimate of drug-likeness (QED) is 0.489. The van der Waals surface area contributed by atoms with E-state index in [-0.39, 0.29) is 12.4 Å². The monoisotopic (exact) mass is 416 g/mol. The van der Waals surface area contributed by atoms with Gasteiger partial charge < -0.3 is 4.74 Å². The lowest BCUT2D eigenvalue weighted by atomic mass is 10.1. The van der Waals surface area contributed by atoms with E-state index < -0.39 is 5.60 Å². The van der Waals surface area contributed by atoms with Gasteiger partial charge in [-0.1, -0.05) is 53.5 Å². The second-order valence-corrected chi connectivity index (χ2v) is 7.98. The van der Waals surface area contributed by atoms with Crippen molar-refractivity contribution in [3.05, 3.63) is 75.9 Å².